The Balaban J connectivity index is 1.53. The molecule has 1 saturated heterocycles. The summed E-state index contributed by atoms with van der Waals surface area (Å²) in [6, 6.07) is 18.0. The molecule has 3 rings (SSSR count). The first-order chi connectivity index (χ1) is 11.2. The summed E-state index contributed by atoms with van der Waals surface area (Å²) < 4.78 is 5.72. The van der Waals surface area contributed by atoms with Crippen LogP contribution in [-0.2, 0) is 4.79 Å². The van der Waals surface area contributed by atoms with E-state index < -0.39 is 6.10 Å². The molecule has 2 aromatic carbocycles. The van der Waals surface area contributed by atoms with Gasteiger partial charge >= 0.3 is 0 Å². The maximum Gasteiger partial charge on any atom is 0.260 e. The van der Waals surface area contributed by atoms with E-state index in [-0.39, 0.29) is 5.91 Å². The lowest BCUT2D eigenvalue weighted by Gasteiger charge is -2.27. The monoisotopic (exact) mass is 310 g/mol. The number of carbonyl (C=O) groups excluding carboxylic acids is 1. The van der Waals surface area contributed by atoms with Gasteiger partial charge in [0.1, 0.15) is 5.75 Å². The van der Waals surface area contributed by atoms with E-state index in [1.165, 1.54) is 5.56 Å². The van der Waals surface area contributed by atoms with E-state index in [0.717, 1.165) is 18.7 Å². The normalized spacial score (nSPS) is 15.5. The number of nitrogens with one attached hydrogen (secondary N) is 2. The van der Waals surface area contributed by atoms with E-state index in [1.54, 1.807) is 6.92 Å². The maximum atomic E-state index is 12.0. The van der Waals surface area contributed by atoms with Gasteiger partial charge < -0.3 is 15.4 Å². The largest absolute Gasteiger partial charge is 0.481 e. The second kappa shape index (κ2) is 7.29. The first-order valence-electron chi connectivity index (χ1n) is 8.03. The maximum absolute atomic E-state index is 12.0. The first kappa shape index (κ1) is 15.6. The summed E-state index contributed by atoms with van der Waals surface area (Å²) in [6.45, 7) is 4.46. The molecule has 1 aliphatic heterocycles. The summed E-state index contributed by atoms with van der Waals surface area (Å²) in [7, 11) is 0. The predicted molar refractivity (Wildman–Crippen MR) is 91.3 cm³/mol. The molecule has 2 N–H and O–H groups in total. The van der Waals surface area contributed by atoms with Gasteiger partial charge in [-0.25, -0.2) is 0 Å². The van der Waals surface area contributed by atoms with Crippen LogP contribution in [-0.4, -0.2) is 31.6 Å². The molecule has 1 atom stereocenters. The zero-order valence-corrected chi connectivity index (χ0v) is 13.3. The zero-order valence-electron chi connectivity index (χ0n) is 13.3. The highest BCUT2D eigenvalue weighted by Crippen LogP contribution is 2.22. The number of rotatable bonds is 6. The molecular formula is C19H22N2O2. The fourth-order valence-electron chi connectivity index (χ4n) is 2.50. The molecule has 1 fully saturated rings. The van der Waals surface area contributed by atoms with Gasteiger partial charge in [0.15, 0.2) is 6.10 Å². The van der Waals surface area contributed by atoms with Gasteiger partial charge in [0, 0.05) is 25.6 Å². The summed E-state index contributed by atoms with van der Waals surface area (Å²) >= 11 is 0. The number of hydrogen-bond acceptors (Lipinski definition) is 3. The molecule has 1 aliphatic rings. The summed E-state index contributed by atoms with van der Waals surface area (Å²) in [5, 5.41) is 6.13. The highest BCUT2D eigenvalue weighted by molar-refractivity contribution is 5.80. The minimum absolute atomic E-state index is 0.0657. The quantitative estimate of drug-likeness (QED) is 0.862. The van der Waals surface area contributed by atoms with Gasteiger partial charge in [-0.2, -0.15) is 0 Å². The molecule has 1 amide bonds. The number of ether oxygens (including phenoxy) is 1. The van der Waals surface area contributed by atoms with Crippen molar-refractivity contribution in [2.24, 2.45) is 5.92 Å². The molecule has 2 aromatic rings. The van der Waals surface area contributed by atoms with Crippen molar-refractivity contribution < 1.29 is 9.53 Å². The van der Waals surface area contributed by atoms with E-state index in [2.05, 4.69) is 22.8 Å². The van der Waals surface area contributed by atoms with Crippen LogP contribution in [0.5, 0.6) is 5.75 Å². The van der Waals surface area contributed by atoms with Gasteiger partial charge in [0.05, 0.1) is 0 Å². The number of hydrogen-bond donors (Lipinski definition) is 2. The SMILES string of the molecule is CC(Oc1ccc(-c2ccccc2)cc1)C(=O)NCC1CNC1. The Morgan fingerprint density at radius 2 is 1.78 bits per heavy atom. The third-order valence-electron chi connectivity index (χ3n) is 4.07. The molecule has 1 heterocycles. The minimum atomic E-state index is -0.495. The fourth-order valence-corrected chi connectivity index (χ4v) is 2.50. The Kier molecular flexibility index (Phi) is 4.93. The summed E-state index contributed by atoms with van der Waals surface area (Å²) in [5.41, 5.74) is 2.30. The van der Waals surface area contributed by atoms with Crippen LogP contribution in [0.25, 0.3) is 11.1 Å². The molecule has 0 spiro atoms. The minimum Gasteiger partial charge on any atom is -0.481 e. The zero-order chi connectivity index (χ0) is 16.1. The van der Waals surface area contributed by atoms with Crippen molar-refractivity contribution >= 4 is 5.91 Å². The van der Waals surface area contributed by atoms with Crippen molar-refractivity contribution in [2.45, 2.75) is 13.0 Å². The second-order valence-corrected chi connectivity index (χ2v) is 5.92. The number of amides is 1. The summed E-state index contributed by atoms with van der Waals surface area (Å²) in [4.78, 5) is 12.0. The van der Waals surface area contributed by atoms with Crippen LogP contribution in [0.4, 0.5) is 0 Å². The standard InChI is InChI=1S/C19H22N2O2/c1-14(19(22)21-13-15-11-20-12-15)23-18-9-7-17(8-10-18)16-5-3-2-4-6-16/h2-10,14-15,20H,11-13H2,1H3,(H,21,22). The smallest absolute Gasteiger partial charge is 0.260 e. The van der Waals surface area contributed by atoms with Crippen molar-refractivity contribution in [3.63, 3.8) is 0 Å². The average Bonchev–Trinajstić information content (AvgIpc) is 2.55. The lowest BCUT2D eigenvalue weighted by Crippen LogP contribution is -2.49. The lowest BCUT2D eigenvalue weighted by atomic mass is 10.0. The first-order valence-corrected chi connectivity index (χ1v) is 8.03. The van der Waals surface area contributed by atoms with E-state index in [1.807, 2.05) is 42.5 Å². The van der Waals surface area contributed by atoms with Gasteiger partial charge in [-0.3, -0.25) is 4.79 Å². The van der Waals surface area contributed by atoms with Crippen LogP contribution in [0, 0.1) is 5.92 Å². The van der Waals surface area contributed by atoms with Gasteiger partial charge in [0.2, 0.25) is 0 Å². The molecule has 0 bridgehead atoms. The van der Waals surface area contributed by atoms with Crippen LogP contribution in [0.1, 0.15) is 6.92 Å². The fraction of sp³-hybridized carbons (Fsp3) is 0.316. The van der Waals surface area contributed by atoms with Gasteiger partial charge in [0.25, 0.3) is 5.91 Å². The molecule has 0 aromatic heterocycles. The Bertz CT molecular complexity index is 636. The summed E-state index contributed by atoms with van der Waals surface area (Å²) in [5.74, 6) is 1.19. The number of benzene rings is 2. The van der Waals surface area contributed by atoms with Crippen LogP contribution >= 0.6 is 0 Å². The van der Waals surface area contributed by atoms with E-state index in [0.29, 0.717) is 18.2 Å². The van der Waals surface area contributed by atoms with Crippen molar-refractivity contribution in [3.8, 4) is 16.9 Å². The van der Waals surface area contributed by atoms with Crippen LogP contribution in [0.15, 0.2) is 54.6 Å². The Labute approximate surface area is 136 Å². The van der Waals surface area contributed by atoms with Crippen LogP contribution in [0.2, 0.25) is 0 Å². The Morgan fingerprint density at radius 1 is 1.13 bits per heavy atom. The molecule has 4 nitrogen and oxygen atoms in total. The third kappa shape index (κ3) is 4.11. The average molecular weight is 310 g/mol. The Morgan fingerprint density at radius 3 is 2.39 bits per heavy atom. The van der Waals surface area contributed by atoms with Crippen molar-refractivity contribution in [2.75, 3.05) is 19.6 Å². The Hall–Kier alpha value is -2.33. The van der Waals surface area contributed by atoms with E-state index in [9.17, 15) is 4.79 Å². The van der Waals surface area contributed by atoms with Crippen LogP contribution < -0.4 is 15.4 Å². The van der Waals surface area contributed by atoms with Crippen molar-refractivity contribution in [1.29, 1.82) is 0 Å². The van der Waals surface area contributed by atoms with Crippen molar-refractivity contribution in [3.05, 3.63) is 54.6 Å². The molecule has 4 heteroatoms. The molecule has 0 saturated carbocycles. The molecular weight excluding hydrogens is 288 g/mol. The highest BCUT2D eigenvalue weighted by atomic mass is 16.5. The van der Waals surface area contributed by atoms with Gasteiger partial charge in [-0.05, 0) is 30.2 Å². The third-order valence-corrected chi connectivity index (χ3v) is 4.07. The molecule has 23 heavy (non-hydrogen) atoms. The second-order valence-electron chi connectivity index (χ2n) is 5.92. The van der Waals surface area contributed by atoms with Crippen LogP contribution in [0.3, 0.4) is 0 Å². The number of carbonyl (C=O) groups is 1. The summed E-state index contributed by atoms with van der Waals surface area (Å²) in [6.07, 6.45) is -0.495. The molecule has 0 aliphatic carbocycles. The van der Waals surface area contributed by atoms with E-state index >= 15 is 0 Å². The molecule has 1 unspecified atom stereocenters. The van der Waals surface area contributed by atoms with Gasteiger partial charge in [-0.1, -0.05) is 42.5 Å². The predicted octanol–water partition coefficient (Wildman–Crippen LogP) is 2.46. The lowest BCUT2D eigenvalue weighted by molar-refractivity contribution is -0.127. The topological polar surface area (TPSA) is 50.4 Å². The molecule has 0 radical (unpaired) electrons. The highest BCUT2D eigenvalue weighted by Gasteiger charge is 2.20. The van der Waals surface area contributed by atoms with Crippen molar-refractivity contribution in [1.82, 2.24) is 10.6 Å². The van der Waals surface area contributed by atoms with E-state index in [4.69, 9.17) is 4.74 Å². The molecule has 120 valence electrons. The van der Waals surface area contributed by atoms with Gasteiger partial charge in [-0.15, -0.1) is 0 Å².